The molecule has 0 atom stereocenters. The Bertz CT molecular complexity index is 891. The van der Waals surface area contributed by atoms with E-state index in [-0.39, 0.29) is 18.4 Å². The summed E-state index contributed by atoms with van der Waals surface area (Å²) in [5.74, 6) is 0.897. The third-order valence-corrected chi connectivity index (χ3v) is 5.59. The van der Waals surface area contributed by atoms with Crippen LogP contribution in [0.25, 0.3) is 0 Å². The van der Waals surface area contributed by atoms with E-state index in [1.54, 1.807) is 26.3 Å². The lowest BCUT2D eigenvalue weighted by Crippen LogP contribution is -2.42. The molecule has 1 N–H and O–H groups in total. The smallest absolute Gasteiger partial charge is 0.243 e. The molecule has 0 bridgehead atoms. The van der Waals surface area contributed by atoms with Crippen LogP contribution in [0.15, 0.2) is 48.5 Å². The Morgan fingerprint density at radius 2 is 1.81 bits per heavy atom. The first-order valence-electron chi connectivity index (χ1n) is 10.9. The van der Waals surface area contributed by atoms with Gasteiger partial charge in [0.05, 0.1) is 20.2 Å². The number of rotatable bonds is 10. The van der Waals surface area contributed by atoms with Gasteiger partial charge in [-0.15, -0.1) is 0 Å². The highest BCUT2D eigenvalue weighted by atomic mass is 16.5. The zero-order valence-electron chi connectivity index (χ0n) is 18.9. The summed E-state index contributed by atoms with van der Waals surface area (Å²) in [4.78, 5) is 28.9. The molecular weight excluding hydrogens is 390 g/mol. The zero-order chi connectivity index (χ0) is 22.4. The Labute approximate surface area is 185 Å². The van der Waals surface area contributed by atoms with E-state index in [4.69, 9.17) is 4.74 Å². The van der Waals surface area contributed by atoms with Crippen molar-refractivity contribution in [3.8, 4) is 5.75 Å². The monoisotopic (exact) mass is 423 g/mol. The van der Waals surface area contributed by atoms with Crippen molar-refractivity contribution in [2.45, 2.75) is 45.2 Å². The van der Waals surface area contributed by atoms with Gasteiger partial charge in [0.15, 0.2) is 0 Å². The van der Waals surface area contributed by atoms with Crippen molar-refractivity contribution in [2.75, 3.05) is 32.6 Å². The van der Waals surface area contributed by atoms with Crippen molar-refractivity contribution >= 4 is 17.5 Å². The van der Waals surface area contributed by atoms with Crippen molar-refractivity contribution in [3.05, 3.63) is 59.7 Å². The molecule has 166 valence electrons. The quantitative estimate of drug-likeness (QED) is 0.630. The van der Waals surface area contributed by atoms with Crippen LogP contribution in [0.4, 0.5) is 5.69 Å². The van der Waals surface area contributed by atoms with Crippen LogP contribution in [0.5, 0.6) is 5.75 Å². The molecule has 2 amide bonds. The highest BCUT2D eigenvalue weighted by molar-refractivity contribution is 5.94. The predicted molar refractivity (Wildman–Crippen MR) is 123 cm³/mol. The van der Waals surface area contributed by atoms with Crippen LogP contribution in [0.2, 0.25) is 0 Å². The molecule has 0 saturated heterocycles. The summed E-state index contributed by atoms with van der Waals surface area (Å²) in [5.41, 5.74) is 3.18. The molecule has 6 nitrogen and oxygen atoms in total. The van der Waals surface area contributed by atoms with Gasteiger partial charge in [-0.2, -0.15) is 0 Å². The van der Waals surface area contributed by atoms with Crippen molar-refractivity contribution in [3.63, 3.8) is 0 Å². The van der Waals surface area contributed by atoms with Crippen LogP contribution in [-0.2, 0) is 16.1 Å². The van der Waals surface area contributed by atoms with Gasteiger partial charge in [0.25, 0.3) is 0 Å². The minimum Gasteiger partial charge on any atom is -0.497 e. The summed E-state index contributed by atoms with van der Waals surface area (Å²) in [6.45, 7) is 5.45. The second kappa shape index (κ2) is 10.4. The SMILES string of the molecule is COc1cccc(NC(=O)CN(C)C(=O)CN(Cc2ccc(C(C)C)cc2)C2CC2)c1. The van der Waals surface area contributed by atoms with Crippen molar-refractivity contribution < 1.29 is 14.3 Å². The Morgan fingerprint density at radius 3 is 2.42 bits per heavy atom. The standard InChI is InChI=1S/C25H33N3O3/c1-18(2)20-10-8-19(9-11-20)15-28(22-12-13-22)17-25(30)27(3)16-24(29)26-21-6-5-7-23(14-21)31-4/h5-11,14,18,22H,12-13,15-17H2,1-4H3,(H,26,29). The number of nitrogens with zero attached hydrogens (tertiary/aromatic N) is 2. The van der Waals surface area contributed by atoms with E-state index < -0.39 is 0 Å². The number of carbonyl (C=O) groups excluding carboxylic acids is 2. The number of likely N-dealkylation sites (N-methyl/N-ethyl adjacent to an activating group) is 1. The zero-order valence-corrected chi connectivity index (χ0v) is 18.9. The Kier molecular flexibility index (Phi) is 7.69. The lowest BCUT2D eigenvalue weighted by atomic mass is 10.0. The maximum atomic E-state index is 12.8. The van der Waals surface area contributed by atoms with Crippen molar-refractivity contribution in [2.24, 2.45) is 0 Å². The molecule has 1 aliphatic carbocycles. The lowest BCUT2D eigenvalue weighted by molar-refractivity contribution is -0.134. The average molecular weight is 424 g/mol. The number of benzene rings is 2. The highest BCUT2D eigenvalue weighted by Crippen LogP contribution is 2.28. The topological polar surface area (TPSA) is 61.9 Å². The first-order chi connectivity index (χ1) is 14.9. The van der Waals surface area contributed by atoms with Gasteiger partial charge in [-0.25, -0.2) is 0 Å². The first-order valence-corrected chi connectivity index (χ1v) is 10.9. The van der Waals surface area contributed by atoms with E-state index in [2.05, 4.69) is 48.3 Å². The molecular formula is C25H33N3O3. The van der Waals surface area contributed by atoms with Gasteiger partial charge >= 0.3 is 0 Å². The minimum atomic E-state index is -0.230. The number of methoxy groups -OCH3 is 1. The van der Waals surface area contributed by atoms with E-state index >= 15 is 0 Å². The molecule has 0 spiro atoms. The van der Waals surface area contributed by atoms with Gasteiger partial charge in [0, 0.05) is 31.4 Å². The number of nitrogens with one attached hydrogen (secondary N) is 1. The summed E-state index contributed by atoms with van der Waals surface area (Å²) < 4.78 is 5.17. The Morgan fingerprint density at radius 1 is 1.10 bits per heavy atom. The van der Waals surface area contributed by atoms with Gasteiger partial charge in [-0.05, 0) is 42.0 Å². The van der Waals surface area contributed by atoms with E-state index in [0.29, 0.717) is 29.9 Å². The minimum absolute atomic E-state index is 0.0115. The average Bonchev–Trinajstić information content (AvgIpc) is 3.59. The molecule has 0 heterocycles. The van der Waals surface area contributed by atoms with E-state index in [1.165, 1.54) is 16.0 Å². The van der Waals surface area contributed by atoms with Gasteiger partial charge in [-0.1, -0.05) is 44.2 Å². The van der Waals surface area contributed by atoms with Crippen LogP contribution in [0.1, 0.15) is 43.7 Å². The Hall–Kier alpha value is -2.86. The molecule has 1 saturated carbocycles. The van der Waals surface area contributed by atoms with Crippen LogP contribution in [0.3, 0.4) is 0 Å². The summed E-state index contributed by atoms with van der Waals surface area (Å²) in [6.07, 6.45) is 2.24. The number of hydrogen-bond acceptors (Lipinski definition) is 4. The molecule has 3 rings (SSSR count). The molecule has 2 aromatic rings. The molecule has 0 aliphatic heterocycles. The fourth-order valence-corrected chi connectivity index (χ4v) is 3.50. The molecule has 0 aromatic heterocycles. The molecule has 6 heteroatoms. The number of carbonyl (C=O) groups is 2. The molecule has 0 radical (unpaired) electrons. The summed E-state index contributed by atoms with van der Waals surface area (Å²) in [5, 5.41) is 2.82. The highest BCUT2D eigenvalue weighted by Gasteiger charge is 2.31. The molecule has 31 heavy (non-hydrogen) atoms. The van der Waals surface area contributed by atoms with Crippen molar-refractivity contribution in [1.29, 1.82) is 0 Å². The molecule has 1 aliphatic rings. The van der Waals surface area contributed by atoms with Gasteiger partial charge < -0.3 is 15.0 Å². The number of ether oxygens (including phenoxy) is 1. The van der Waals surface area contributed by atoms with Crippen molar-refractivity contribution in [1.82, 2.24) is 9.80 Å². The second-order valence-corrected chi connectivity index (χ2v) is 8.56. The maximum absolute atomic E-state index is 12.8. The van der Waals surface area contributed by atoms with E-state index in [0.717, 1.165) is 19.4 Å². The maximum Gasteiger partial charge on any atom is 0.243 e. The predicted octanol–water partition coefficient (Wildman–Crippen LogP) is 3.88. The van der Waals surface area contributed by atoms with Gasteiger partial charge in [0.1, 0.15) is 5.75 Å². The summed E-state index contributed by atoms with van der Waals surface area (Å²) in [7, 11) is 3.26. The first kappa shape index (κ1) is 22.8. The van der Waals surface area contributed by atoms with E-state index in [9.17, 15) is 9.59 Å². The molecule has 2 aromatic carbocycles. The fraction of sp³-hybridized carbons (Fsp3) is 0.440. The summed E-state index contributed by atoms with van der Waals surface area (Å²) >= 11 is 0. The normalized spacial score (nSPS) is 13.4. The lowest BCUT2D eigenvalue weighted by Gasteiger charge is -2.25. The number of amides is 2. The second-order valence-electron chi connectivity index (χ2n) is 8.56. The Balaban J connectivity index is 1.53. The number of hydrogen-bond donors (Lipinski definition) is 1. The van der Waals surface area contributed by atoms with Crippen LogP contribution in [-0.4, -0.2) is 54.9 Å². The molecule has 1 fully saturated rings. The van der Waals surface area contributed by atoms with E-state index in [1.807, 2.05) is 12.1 Å². The van der Waals surface area contributed by atoms with Gasteiger partial charge in [-0.3, -0.25) is 14.5 Å². The third-order valence-electron chi connectivity index (χ3n) is 5.59. The van der Waals surface area contributed by atoms with Crippen LogP contribution < -0.4 is 10.1 Å². The third kappa shape index (κ3) is 6.82. The molecule has 0 unspecified atom stereocenters. The number of anilines is 1. The fourth-order valence-electron chi connectivity index (χ4n) is 3.50. The summed E-state index contributed by atoms with van der Waals surface area (Å²) in [6, 6.07) is 16.3. The van der Waals surface area contributed by atoms with Crippen LogP contribution in [0, 0.1) is 0 Å². The van der Waals surface area contributed by atoms with Gasteiger partial charge in [0.2, 0.25) is 11.8 Å². The largest absolute Gasteiger partial charge is 0.497 e. The van der Waals surface area contributed by atoms with Crippen LogP contribution >= 0.6 is 0 Å².